The van der Waals surface area contributed by atoms with Crippen molar-refractivity contribution in [2.75, 3.05) is 6.54 Å². The third-order valence-corrected chi connectivity index (χ3v) is 4.30. The first-order valence-corrected chi connectivity index (χ1v) is 6.21. The van der Waals surface area contributed by atoms with Crippen LogP contribution in [-0.4, -0.2) is 11.7 Å². The van der Waals surface area contributed by atoms with Gasteiger partial charge in [0.2, 0.25) is 0 Å². The Balaban J connectivity index is 3.22. The molecule has 0 bridgehead atoms. The number of nitrogens with two attached hydrogens (primary N) is 1. The van der Waals surface area contributed by atoms with Crippen LogP contribution < -0.4 is 5.73 Å². The Labute approximate surface area is 97.3 Å². The SMILES string of the molecule is CC(C)(C)C(O)(CN)c1cscc1Br. The lowest BCUT2D eigenvalue weighted by molar-refractivity contribution is -0.0559. The molecule has 1 atom stereocenters. The molecule has 1 unspecified atom stereocenters. The third kappa shape index (κ3) is 1.89. The molecule has 1 heterocycles. The van der Waals surface area contributed by atoms with Gasteiger partial charge in [-0.15, -0.1) is 0 Å². The zero-order valence-electron chi connectivity index (χ0n) is 8.67. The summed E-state index contributed by atoms with van der Waals surface area (Å²) < 4.78 is 0.936. The summed E-state index contributed by atoms with van der Waals surface area (Å²) in [5, 5.41) is 14.5. The normalized spacial score (nSPS) is 16.7. The molecular formula is C10H16BrNOS. The lowest BCUT2D eigenvalue weighted by Crippen LogP contribution is -2.46. The average molecular weight is 278 g/mol. The number of halogens is 1. The predicted molar refractivity (Wildman–Crippen MR) is 64.4 cm³/mol. The van der Waals surface area contributed by atoms with Gasteiger partial charge >= 0.3 is 0 Å². The molecule has 0 aromatic carbocycles. The Morgan fingerprint density at radius 3 is 2.29 bits per heavy atom. The van der Waals surface area contributed by atoms with Crippen LogP contribution >= 0.6 is 27.3 Å². The van der Waals surface area contributed by atoms with Crippen LogP contribution in [0.4, 0.5) is 0 Å². The molecule has 0 aliphatic carbocycles. The van der Waals surface area contributed by atoms with Crippen molar-refractivity contribution in [1.29, 1.82) is 0 Å². The second-order valence-corrected chi connectivity index (χ2v) is 6.05. The molecule has 0 aliphatic rings. The van der Waals surface area contributed by atoms with E-state index in [-0.39, 0.29) is 12.0 Å². The van der Waals surface area contributed by atoms with E-state index in [1.165, 1.54) is 0 Å². The molecule has 3 N–H and O–H groups in total. The summed E-state index contributed by atoms with van der Waals surface area (Å²) >= 11 is 4.99. The van der Waals surface area contributed by atoms with E-state index in [1.54, 1.807) is 11.3 Å². The monoisotopic (exact) mass is 277 g/mol. The highest BCUT2D eigenvalue weighted by Gasteiger charge is 2.41. The molecule has 2 nitrogen and oxygen atoms in total. The highest BCUT2D eigenvalue weighted by molar-refractivity contribution is 9.10. The number of rotatable bonds is 2. The highest BCUT2D eigenvalue weighted by atomic mass is 79.9. The van der Waals surface area contributed by atoms with Gasteiger partial charge in [0, 0.05) is 22.0 Å². The minimum atomic E-state index is -0.966. The van der Waals surface area contributed by atoms with Gasteiger partial charge in [0.1, 0.15) is 5.60 Å². The average Bonchev–Trinajstić information content (AvgIpc) is 2.48. The van der Waals surface area contributed by atoms with Crippen LogP contribution in [0.5, 0.6) is 0 Å². The van der Waals surface area contributed by atoms with Gasteiger partial charge in [-0.2, -0.15) is 11.3 Å². The van der Waals surface area contributed by atoms with Crippen molar-refractivity contribution in [3.05, 3.63) is 20.8 Å². The summed E-state index contributed by atoms with van der Waals surface area (Å²) in [6.07, 6.45) is 0. The van der Waals surface area contributed by atoms with Gasteiger partial charge in [0.15, 0.2) is 0 Å². The molecule has 0 fully saturated rings. The second-order valence-electron chi connectivity index (χ2n) is 4.45. The molecule has 1 rings (SSSR count). The van der Waals surface area contributed by atoms with Crippen LogP contribution in [0.25, 0.3) is 0 Å². The Bertz CT molecular complexity index is 318. The summed E-state index contributed by atoms with van der Waals surface area (Å²) in [5.41, 5.74) is 5.33. The first kappa shape index (κ1) is 12.2. The Morgan fingerprint density at radius 2 is 2.00 bits per heavy atom. The van der Waals surface area contributed by atoms with E-state index < -0.39 is 5.60 Å². The van der Waals surface area contributed by atoms with Crippen molar-refractivity contribution in [2.24, 2.45) is 11.1 Å². The van der Waals surface area contributed by atoms with Crippen molar-refractivity contribution in [1.82, 2.24) is 0 Å². The summed E-state index contributed by atoms with van der Waals surface area (Å²) in [5.74, 6) is 0. The summed E-state index contributed by atoms with van der Waals surface area (Å²) in [6, 6.07) is 0. The largest absolute Gasteiger partial charge is 0.383 e. The molecule has 0 spiro atoms. The van der Waals surface area contributed by atoms with E-state index in [2.05, 4.69) is 15.9 Å². The quantitative estimate of drug-likeness (QED) is 0.873. The minimum Gasteiger partial charge on any atom is -0.383 e. The molecule has 0 saturated heterocycles. The van der Waals surface area contributed by atoms with E-state index >= 15 is 0 Å². The molecule has 0 aliphatic heterocycles. The van der Waals surface area contributed by atoms with E-state index in [9.17, 15) is 5.11 Å². The summed E-state index contributed by atoms with van der Waals surface area (Å²) in [6.45, 7) is 6.20. The van der Waals surface area contributed by atoms with E-state index in [1.807, 2.05) is 31.5 Å². The molecule has 4 heteroatoms. The smallest absolute Gasteiger partial charge is 0.108 e. The van der Waals surface area contributed by atoms with Crippen LogP contribution in [-0.2, 0) is 5.60 Å². The third-order valence-electron chi connectivity index (χ3n) is 2.60. The first-order chi connectivity index (χ1) is 6.33. The van der Waals surface area contributed by atoms with Crippen molar-refractivity contribution in [2.45, 2.75) is 26.4 Å². The summed E-state index contributed by atoms with van der Waals surface area (Å²) in [7, 11) is 0. The van der Waals surface area contributed by atoms with Crippen LogP contribution in [0.1, 0.15) is 26.3 Å². The molecule has 0 radical (unpaired) electrons. The number of hydrogen-bond donors (Lipinski definition) is 2. The van der Waals surface area contributed by atoms with E-state index in [4.69, 9.17) is 5.73 Å². The molecular weight excluding hydrogens is 262 g/mol. The van der Waals surface area contributed by atoms with Crippen LogP contribution in [0.3, 0.4) is 0 Å². The van der Waals surface area contributed by atoms with Crippen LogP contribution in [0.15, 0.2) is 15.2 Å². The Morgan fingerprint density at radius 1 is 1.43 bits per heavy atom. The van der Waals surface area contributed by atoms with Gasteiger partial charge < -0.3 is 10.8 Å². The van der Waals surface area contributed by atoms with Gasteiger partial charge in [-0.05, 0) is 26.7 Å². The molecule has 0 saturated carbocycles. The maximum Gasteiger partial charge on any atom is 0.108 e. The maximum atomic E-state index is 10.5. The lowest BCUT2D eigenvalue weighted by Gasteiger charge is -2.39. The second kappa shape index (κ2) is 3.93. The lowest BCUT2D eigenvalue weighted by atomic mass is 9.73. The number of aliphatic hydroxyl groups is 1. The Kier molecular flexibility index (Phi) is 3.41. The molecule has 14 heavy (non-hydrogen) atoms. The van der Waals surface area contributed by atoms with Gasteiger partial charge in [0.05, 0.1) is 0 Å². The van der Waals surface area contributed by atoms with Gasteiger partial charge in [-0.3, -0.25) is 0 Å². The molecule has 1 aromatic heterocycles. The molecule has 0 amide bonds. The van der Waals surface area contributed by atoms with Gasteiger partial charge in [-0.25, -0.2) is 0 Å². The first-order valence-electron chi connectivity index (χ1n) is 4.47. The maximum absolute atomic E-state index is 10.5. The van der Waals surface area contributed by atoms with Crippen LogP contribution in [0.2, 0.25) is 0 Å². The van der Waals surface area contributed by atoms with Crippen molar-refractivity contribution in [3.8, 4) is 0 Å². The van der Waals surface area contributed by atoms with E-state index in [0.29, 0.717) is 0 Å². The zero-order chi connectivity index (χ0) is 11.0. The van der Waals surface area contributed by atoms with Crippen molar-refractivity contribution >= 4 is 27.3 Å². The fourth-order valence-electron chi connectivity index (χ4n) is 1.40. The zero-order valence-corrected chi connectivity index (χ0v) is 11.1. The van der Waals surface area contributed by atoms with Gasteiger partial charge in [0.25, 0.3) is 0 Å². The fraction of sp³-hybridized carbons (Fsp3) is 0.600. The van der Waals surface area contributed by atoms with Gasteiger partial charge in [-0.1, -0.05) is 20.8 Å². The predicted octanol–water partition coefficient (Wildman–Crippen LogP) is 2.70. The Hall–Kier alpha value is 0.100. The minimum absolute atomic E-state index is 0.228. The molecule has 1 aromatic rings. The standard InChI is InChI=1S/C10H16BrNOS/c1-9(2,3)10(13,6-12)7-4-14-5-8(7)11/h4-5,13H,6,12H2,1-3H3. The number of thiophene rings is 1. The topological polar surface area (TPSA) is 46.2 Å². The van der Waals surface area contributed by atoms with Crippen LogP contribution in [0, 0.1) is 5.41 Å². The molecule has 80 valence electrons. The number of hydrogen-bond acceptors (Lipinski definition) is 3. The summed E-state index contributed by atoms with van der Waals surface area (Å²) in [4.78, 5) is 0. The van der Waals surface area contributed by atoms with E-state index in [0.717, 1.165) is 10.0 Å². The van der Waals surface area contributed by atoms with Crippen molar-refractivity contribution < 1.29 is 5.11 Å². The van der Waals surface area contributed by atoms with Crippen molar-refractivity contribution in [3.63, 3.8) is 0 Å². The highest BCUT2D eigenvalue weighted by Crippen LogP contribution is 2.42. The fourth-order valence-corrected chi connectivity index (χ4v) is 3.09.